The predicted molar refractivity (Wildman–Crippen MR) is 104 cm³/mol. The van der Waals surface area contributed by atoms with Crippen molar-refractivity contribution in [2.75, 3.05) is 13.1 Å². The second kappa shape index (κ2) is 9.41. The molecule has 0 spiro atoms. The minimum absolute atomic E-state index is 0.0279. The van der Waals surface area contributed by atoms with Crippen LogP contribution in [0.15, 0.2) is 47.5 Å². The lowest BCUT2D eigenvalue weighted by Crippen LogP contribution is -2.40. The lowest BCUT2D eigenvalue weighted by molar-refractivity contribution is -0.274. The summed E-state index contributed by atoms with van der Waals surface area (Å²) in [7, 11) is -4.04. The first-order valence-electron chi connectivity index (χ1n) is 9.18. The molecule has 1 fully saturated rings. The molecule has 0 atom stereocenters. The van der Waals surface area contributed by atoms with E-state index in [0.717, 1.165) is 16.4 Å². The number of ether oxygens (including phenoxy) is 2. The molecule has 1 aromatic carbocycles. The molecule has 0 amide bonds. The van der Waals surface area contributed by atoms with Gasteiger partial charge in [0.05, 0.1) is 10.8 Å². The number of sulfonamides is 1. The highest BCUT2D eigenvalue weighted by Gasteiger charge is 2.34. The summed E-state index contributed by atoms with van der Waals surface area (Å²) in [5, 5.41) is 0.230. The third-order valence-electron chi connectivity index (χ3n) is 4.67. The Balaban J connectivity index is 1.59. The molecule has 0 unspecified atom stereocenters. The van der Waals surface area contributed by atoms with Crippen molar-refractivity contribution in [2.45, 2.75) is 30.7 Å². The first-order chi connectivity index (χ1) is 14.6. The number of halogens is 4. The van der Waals surface area contributed by atoms with Crippen molar-refractivity contribution in [3.8, 4) is 5.75 Å². The van der Waals surface area contributed by atoms with Gasteiger partial charge in [0.15, 0.2) is 0 Å². The van der Waals surface area contributed by atoms with E-state index < -0.39 is 34.0 Å². The maximum atomic E-state index is 12.8. The third-order valence-corrected chi connectivity index (χ3v) is 6.91. The zero-order chi connectivity index (χ0) is 22.6. The molecule has 1 aromatic heterocycles. The molecule has 1 saturated heterocycles. The lowest BCUT2D eigenvalue weighted by atomic mass is 9.98. The summed E-state index contributed by atoms with van der Waals surface area (Å²) < 4.78 is 72.9. The number of aromatic nitrogens is 1. The van der Waals surface area contributed by atoms with Gasteiger partial charge in [0.1, 0.15) is 17.5 Å². The summed E-state index contributed by atoms with van der Waals surface area (Å²) in [6.45, 7) is 0.0101. The smallest absolute Gasteiger partial charge is 0.460 e. The molecule has 12 heteroatoms. The van der Waals surface area contributed by atoms with E-state index in [4.69, 9.17) is 16.3 Å². The topological polar surface area (TPSA) is 85.8 Å². The number of rotatable bonds is 6. The van der Waals surface area contributed by atoms with Crippen molar-refractivity contribution in [3.63, 3.8) is 0 Å². The van der Waals surface area contributed by atoms with Crippen molar-refractivity contribution in [2.24, 2.45) is 5.92 Å². The summed E-state index contributed by atoms with van der Waals surface area (Å²) in [5.41, 5.74) is 0.554. The number of carbonyl (C=O) groups is 1. The van der Waals surface area contributed by atoms with Crippen LogP contribution >= 0.6 is 11.6 Å². The van der Waals surface area contributed by atoms with Gasteiger partial charge in [-0.05, 0) is 31.0 Å². The van der Waals surface area contributed by atoms with E-state index >= 15 is 0 Å². The fraction of sp³-hybridized carbons (Fsp3) is 0.368. The van der Waals surface area contributed by atoms with Gasteiger partial charge in [-0.1, -0.05) is 23.7 Å². The summed E-state index contributed by atoms with van der Waals surface area (Å²) in [4.78, 5) is 15.9. The second-order valence-electron chi connectivity index (χ2n) is 6.76. The molecule has 7 nitrogen and oxygen atoms in total. The van der Waals surface area contributed by atoms with Crippen LogP contribution in [0.1, 0.15) is 18.4 Å². The Morgan fingerprint density at radius 3 is 2.55 bits per heavy atom. The number of carbonyl (C=O) groups excluding carboxylic acids is 1. The fourth-order valence-electron chi connectivity index (χ4n) is 3.11. The Kier molecular flexibility index (Phi) is 7.07. The summed E-state index contributed by atoms with van der Waals surface area (Å²) in [6.07, 6.45) is -2.98. The number of esters is 1. The van der Waals surface area contributed by atoms with Gasteiger partial charge in [-0.15, -0.1) is 13.2 Å². The molecular formula is C19H18ClF3N2O5S. The molecule has 2 heterocycles. The van der Waals surface area contributed by atoms with Crippen molar-refractivity contribution in [3.05, 3.63) is 53.3 Å². The van der Waals surface area contributed by atoms with E-state index in [2.05, 4.69) is 9.72 Å². The van der Waals surface area contributed by atoms with Crippen LogP contribution in [0.4, 0.5) is 13.2 Å². The maximum Gasteiger partial charge on any atom is 0.573 e. The number of benzene rings is 1. The Bertz CT molecular complexity index is 1040. The van der Waals surface area contributed by atoms with Crippen LogP contribution in [0.2, 0.25) is 5.15 Å². The van der Waals surface area contributed by atoms with Crippen molar-refractivity contribution < 1.29 is 35.9 Å². The normalized spacial score (nSPS) is 16.1. The Hall–Kier alpha value is -2.37. The van der Waals surface area contributed by atoms with E-state index in [1.807, 2.05) is 0 Å². The average Bonchev–Trinajstić information content (AvgIpc) is 2.72. The molecule has 0 N–H and O–H groups in total. The Labute approximate surface area is 181 Å². The minimum Gasteiger partial charge on any atom is -0.460 e. The molecule has 0 saturated carbocycles. The van der Waals surface area contributed by atoms with Gasteiger partial charge in [0.25, 0.3) is 0 Å². The zero-order valence-electron chi connectivity index (χ0n) is 16.0. The average molecular weight is 479 g/mol. The molecule has 1 aliphatic heterocycles. The number of hydrogen-bond donors (Lipinski definition) is 0. The van der Waals surface area contributed by atoms with Crippen LogP contribution in [-0.4, -0.2) is 43.1 Å². The van der Waals surface area contributed by atoms with Crippen molar-refractivity contribution >= 4 is 27.6 Å². The number of nitrogens with zero attached hydrogens (tertiary/aromatic N) is 2. The fourth-order valence-corrected chi connectivity index (χ4v) is 4.79. The number of piperidine rings is 1. The zero-order valence-corrected chi connectivity index (χ0v) is 17.6. The molecular weight excluding hydrogens is 461 g/mol. The summed E-state index contributed by atoms with van der Waals surface area (Å²) >= 11 is 5.92. The number of hydrogen-bond acceptors (Lipinski definition) is 6. The molecule has 3 rings (SSSR count). The largest absolute Gasteiger partial charge is 0.573 e. The molecule has 0 radical (unpaired) electrons. The second-order valence-corrected chi connectivity index (χ2v) is 9.06. The lowest BCUT2D eigenvalue weighted by Gasteiger charge is -2.30. The Morgan fingerprint density at radius 2 is 1.90 bits per heavy atom. The maximum absolute atomic E-state index is 12.8. The quantitative estimate of drug-likeness (QED) is 0.464. The summed E-state index contributed by atoms with van der Waals surface area (Å²) in [6, 6.07) is 7.53. The molecule has 31 heavy (non-hydrogen) atoms. The van der Waals surface area contributed by atoms with Gasteiger partial charge in [0, 0.05) is 30.9 Å². The van der Waals surface area contributed by atoms with Crippen LogP contribution < -0.4 is 4.74 Å². The van der Waals surface area contributed by atoms with Gasteiger partial charge in [-0.3, -0.25) is 4.79 Å². The number of pyridine rings is 1. The monoisotopic (exact) mass is 478 g/mol. The minimum atomic E-state index is -4.93. The molecule has 2 aromatic rings. The molecule has 0 bridgehead atoms. The van der Waals surface area contributed by atoms with Gasteiger partial charge < -0.3 is 9.47 Å². The van der Waals surface area contributed by atoms with Gasteiger partial charge in [-0.2, -0.15) is 4.31 Å². The van der Waals surface area contributed by atoms with E-state index in [1.54, 1.807) is 12.1 Å². The summed E-state index contributed by atoms with van der Waals surface area (Å²) in [5.74, 6) is -1.60. The van der Waals surface area contributed by atoms with E-state index in [-0.39, 0.29) is 42.6 Å². The van der Waals surface area contributed by atoms with Crippen LogP contribution in [-0.2, 0) is 26.2 Å². The van der Waals surface area contributed by atoms with Crippen LogP contribution in [0.5, 0.6) is 5.75 Å². The third kappa shape index (κ3) is 6.08. The highest BCUT2D eigenvalue weighted by Crippen LogP contribution is 2.29. The van der Waals surface area contributed by atoms with Gasteiger partial charge >= 0.3 is 12.3 Å². The van der Waals surface area contributed by atoms with Crippen molar-refractivity contribution in [1.82, 2.24) is 9.29 Å². The first-order valence-corrected chi connectivity index (χ1v) is 11.0. The Morgan fingerprint density at radius 1 is 1.19 bits per heavy atom. The molecule has 168 valence electrons. The van der Waals surface area contributed by atoms with E-state index in [9.17, 15) is 26.4 Å². The molecule has 1 aliphatic rings. The number of alkyl halides is 3. The first kappa shape index (κ1) is 23.3. The highest BCUT2D eigenvalue weighted by molar-refractivity contribution is 7.89. The van der Waals surface area contributed by atoms with E-state index in [1.165, 1.54) is 18.3 Å². The van der Waals surface area contributed by atoms with E-state index in [0.29, 0.717) is 5.56 Å². The SMILES string of the molecule is O=C(OCc1cccnc1Cl)C1CCN(S(=O)(=O)c2cccc(OC(F)(F)F)c2)CC1. The van der Waals surface area contributed by atoms with Crippen molar-refractivity contribution in [1.29, 1.82) is 0 Å². The highest BCUT2D eigenvalue weighted by atomic mass is 35.5. The predicted octanol–water partition coefficient (Wildman–Crippen LogP) is 3.78. The van der Waals surface area contributed by atoms with Gasteiger partial charge in [-0.25, -0.2) is 13.4 Å². The van der Waals surface area contributed by atoms with Crippen LogP contribution in [0, 0.1) is 5.92 Å². The van der Waals surface area contributed by atoms with Gasteiger partial charge in [0.2, 0.25) is 10.0 Å². The standard InChI is InChI=1S/C19H18ClF3N2O5S/c20-17-14(3-2-8-24-17)12-29-18(26)13-6-9-25(10-7-13)31(27,28)16-5-1-4-15(11-16)30-19(21,22)23/h1-5,8,11,13H,6-7,9-10,12H2. The van der Waals surface area contributed by atoms with Crippen LogP contribution in [0.25, 0.3) is 0 Å². The molecule has 0 aliphatic carbocycles. The van der Waals surface area contributed by atoms with Crippen LogP contribution in [0.3, 0.4) is 0 Å².